The summed E-state index contributed by atoms with van der Waals surface area (Å²) >= 11 is 0. The molecule has 1 atom stereocenters. The molecule has 0 bridgehead atoms. The van der Waals surface area contributed by atoms with Gasteiger partial charge in [0.15, 0.2) is 0 Å². The van der Waals surface area contributed by atoms with Crippen molar-refractivity contribution >= 4 is 15.8 Å². The molecule has 3 rings (SSSR count). The Labute approximate surface area is 156 Å². The van der Waals surface area contributed by atoms with Crippen molar-refractivity contribution in [1.82, 2.24) is 0 Å². The summed E-state index contributed by atoms with van der Waals surface area (Å²) in [6.07, 6.45) is 2.90. The summed E-state index contributed by atoms with van der Waals surface area (Å²) in [5.41, 5.74) is 3.44. The third-order valence-corrected chi connectivity index (χ3v) is 6.59. The van der Waals surface area contributed by atoms with Gasteiger partial charge >= 0.3 is 0 Å². The fraction of sp³-hybridized carbons (Fsp3) is 0.130. The van der Waals surface area contributed by atoms with Gasteiger partial charge in [-0.25, -0.2) is 8.57 Å². The first kappa shape index (κ1) is 18.2. The highest BCUT2D eigenvalue weighted by Gasteiger charge is 2.15. The Morgan fingerprint density at radius 2 is 1.38 bits per heavy atom. The summed E-state index contributed by atoms with van der Waals surface area (Å²) in [5.74, 6) is 0.428. The van der Waals surface area contributed by atoms with Crippen LogP contribution >= 0.6 is 0 Å². The molecule has 0 unspecified atom stereocenters. The lowest BCUT2D eigenvalue weighted by Crippen LogP contribution is -2.10. The second-order valence-corrected chi connectivity index (χ2v) is 8.56. The van der Waals surface area contributed by atoms with Gasteiger partial charge in [-0.2, -0.15) is 0 Å². The lowest BCUT2D eigenvalue weighted by atomic mass is 10.0. The molecular weight excluding hydrogens is 338 g/mol. The van der Waals surface area contributed by atoms with E-state index in [0.717, 1.165) is 22.5 Å². The average Bonchev–Trinajstić information content (AvgIpc) is 2.70. The van der Waals surface area contributed by atoms with Crippen molar-refractivity contribution < 1.29 is 4.21 Å². The topological polar surface area (TPSA) is 29.4 Å². The first-order valence-electron chi connectivity index (χ1n) is 8.66. The van der Waals surface area contributed by atoms with Crippen molar-refractivity contribution in [3.05, 3.63) is 108 Å². The standard InChI is InChI=1S/C23H23NOS/c1-24-26(25,23-15-9-4-10-16-23)19-22(17-20-11-5-2-6-12-20)18-21-13-7-3-8-14-21/h2-17H,18-19H2,1H3/b22-17-/t26-/m0/s1. The van der Waals surface area contributed by atoms with E-state index in [1.807, 2.05) is 66.7 Å². The van der Waals surface area contributed by atoms with Gasteiger partial charge in [-0.3, -0.25) is 0 Å². The average molecular weight is 362 g/mol. The van der Waals surface area contributed by atoms with E-state index in [4.69, 9.17) is 0 Å². The van der Waals surface area contributed by atoms with Gasteiger partial charge in [0.25, 0.3) is 0 Å². The van der Waals surface area contributed by atoms with E-state index in [1.165, 1.54) is 5.56 Å². The Kier molecular flexibility index (Phi) is 6.03. The van der Waals surface area contributed by atoms with E-state index in [-0.39, 0.29) is 0 Å². The highest BCUT2D eigenvalue weighted by Crippen LogP contribution is 2.21. The van der Waals surface area contributed by atoms with Gasteiger partial charge in [0.1, 0.15) is 0 Å². The maximum Gasteiger partial charge on any atom is 0.0788 e. The fourth-order valence-electron chi connectivity index (χ4n) is 2.92. The Morgan fingerprint density at radius 3 is 1.96 bits per heavy atom. The van der Waals surface area contributed by atoms with Crippen LogP contribution < -0.4 is 0 Å². The molecule has 3 aromatic carbocycles. The van der Waals surface area contributed by atoms with Crippen molar-refractivity contribution in [2.45, 2.75) is 11.3 Å². The van der Waals surface area contributed by atoms with Crippen LogP contribution in [-0.2, 0) is 16.1 Å². The zero-order valence-corrected chi connectivity index (χ0v) is 15.7. The highest BCUT2D eigenvalue weighted by molar-refractivity contribution is 7.93. The van der Waals surface area contributed by atoms with E-state index in [0.29, 0.717) is 5.75 Å². The van der Waals surface area contributed by atoms with Gasteiger partial charge in [-0.15, -0.1) is 0 Å². The van der Waals surface area contributed by atoms with Crippen molar-refractivity contribution in [3.63, 3.8) is 0 Å². The third kappa shape index (κ3) is 4.70. The summed E-state index contributed by atoms with van der Waals surface area (Å²) < 4.78 is 17.8. The molecular formula is C23H23NOS. The molecule has 0 saturated carbocycles. The summed E-state index contributed by atoms with van der Waals surface area (Å²) in [7, 11) is -0.838. The minimum absolute atomic E-state index is 0.428. The molecule has 0 saturated heterocycles. The zero-order chi connectivity index (χ0) is 18.2. The van der Waals surface area contributed by atoms with E-state index < -0.39 is 9.73 Å². The van der Waals surface area contributed by atoms with Gasteiger partial charge in [-0.05, 0) is 29.7 Å². The van der Waals surface area contributed by atoms with Crippen LogP contribution in [0.4, 0.5) is 0 Å². The second-order valence-electron chi connectivity index (χ2n) is 6.16. The lowest BCUT2D eigenvalue weighted by molar-refractivity contribution is 0.677. The Balaban J connectivity index is 1.98. The molecule has 26 heavy (non-hydrogen) atoms. The van der Waals surface area contributed by atoms with Crippen LogP contribution in [0.15, 0.2) is 106 Å². The molecule has 0 radical (unpaired) electrons. The quantitative estimate of drug-likeness (QED) is 0.572. The predicted molar refractivity (Wildman–Crippen MR) is 111 cm³/mol. The summed E-state index contributed by atoms with van der Waals surface area (Å²) in [6, 6.07) is 30.0. The normalized spacial score (nSPS) is 13.8. The van der Waals surface area contributed by atoms with E-state index in [1.54, 1.807) is 7.05 Å². The molecule has 3 aromatic rings. The zero-order valence-electron chi connectivity index (χ0n) is 14.9. The van der Waals surface area contributed by atoms with Crippen LogP contribution in [0.1, 0.15) is 11.1 Å². The molecule has 0 aliphatic carbocycles. The first-order chi connectivity index (χ1) is 12.7. The number of hydrogen-bond donors (Lipinski definition) is 0. The number of hydrogen-bond acceptors (Lipinski definition) is 2. The lowest BCUT2D eigenvalue weighted by Gasteiger charge is -2.14. The number of benzene rings is 3. The van der Waals surface area contributed by atoms with Gasteiger partial charge in [-0.1, -0.05) is 90.5 Å². The first-order valence-corrected chi connectivity index (χ1v) is 10.3. The van der Waals surface area contributed by atoms with Crippen molar-refractivity contribution in [2.75, 3.05) is 12.8 Å². The van der Waals surface area contributed by atoms with Gasteiger partial charge in [0, 0.05) is 11.9 Å². The van der Waals surface area contributed by atoms with Gasteiger partial charge in [0.2, 0.25) is 0 Å². The van der Waals surface area contributed by atoms with Crippen LogP contribution in [0, 0.1) is 0 Å². The Morgan fingerprint density at radius 1 is 0.846 bits per heavy atom. The van der Waals surface area contributed by atoms with Gasteiger partial charge < -0.3 is 0 Å². The molecule has 0 aliphatic heterocycles. The number of rotatable bonds is 6. The Hall–Kier alpha value is -2.65. The van der Waals surface area contributed by atoms with Crippen LogP contribution in [0.5, 0.6) is 0 Å². The summed E-state index contributed by atoms with van der Waals surface area (Å²) in [5, 5.41) is 0. The minimum Gasteiger partial charge on any atom is -0.244 e. The van der Waals surface area contributed by atoms with Crippen LogP contribution in [0.3, 0.4) is 0 Å². The molecule has 0 aliphatic rings. The maximum atomic E-state index is 13.5. The fourth-order valence-corrected chi connectivity index (χ4v) is 4.70. The molecule has 132 valence electrons. The molecule has 0 amide bonds. The van der Waals surface area contributed by atoms with Crippen molar-refractivity contribution in [3.8, 4) is 0 Å². The van der Waals surface area contributed by atoms with Crippen LogP contribution in [-0.4, -0.2) is 17.0 Å². The van der Waals surface area contributed by atoms with E-state index in [9.17, 15) is 4.21 Å². The molecule has 0 N–H and O–H groups in total. The third-order valence-electron chi connectivity index (χ3n) is 4.23. The smallest absolute Gasteiger partial charge is 0.0788 e. The molecule has 0 heterocycles. The largest absolute Gasteiger partial charge is 0.244 e. The molecule has 0 spiro atoms. The maximum absolute atomic E-state index is 13.5. The van der Waals surface area contributed by atoms with Crippen molar-refractivity contribution in [1.29, 1.82) is 0 Å². The molecule has 3 heteroatoms. The highest BCUT2D eigenvalue weighted by atomic mass is 32.2. The molecule has 0 aromatic heterocycles. The summed E-state index contributed by atoms with van der Waals surface area (Å²) in [4.78, 5) is 0.787. The van der Waals surface area contributed by atoms with E-state index in [2.05, 4.69) is 34.7 Å². The predicted octanol–water partition coefficient (Wildman–Crippen LogP) is 5.47. The van der Waals surface area contributed by atoms with Gasteiger partial charge in [0.05, 0.1) is 15.5 Å². The molecule has 0 fully saturated rings. The molecule has 2 nitrogen and oxygen atoms in total. The Bertz CT molecular complexity index is 970. The number of nitrogens with zero attached hydrogens (tertiary/aromatic N) is 1. The second kappa shape index (κ2) is 8.63. The van der Waals surface area contributed by atoms with E-state index >= 15 is 0 Å². The van der Waals surface area contributed by atoms with Crippen LogP contribution in [0.2, 0.25) is 0 Å². The van der Waals surface area contributed by atoms with Crippen LogP contribution in [0.25, 0.3) is 6.08 Å². The monoisotopic (exact) mass is 361 g/mol. The summed E-state index contributed by atoms with van der Waals surface area (Å²) in [6.45, 7) is 0. The SMILES string of the molecule is CN=[S@](=O)(C/C(=C\c1ccccc1)Cc1ccccc1)c1ccccc1. The minimum atomic E-state index is -2.49. The van der Waals surface area contributed by atoms with Crippen molar-refractivity contribution in [2.24, 2.45) is 4.36 Å².